The number of carbonyl (C=O) groups is 1. The average Bonchev–Trinajstić information content (AvgIpc) is 2.82. The molecule has 0 aliphatic carbocycles. The molecule has 2 atom stereocenters. The highest BCUT2D eigenvalue weighted by Gasteiger charge is 2.33. The monoisotopic (exact) mass is 295 g/mol. The van der Waals surface area contributed by atoms with Gasteiger partial charge in [-0.15, -0.1) is 0 Å². The van der Waals surface area contributed by atoms with Crippen LogP contribution in [0.3, 0.4) is 0 Å². The maximum atomic E-state index is 10.7. The zero-order chi connectivity index (χ0) is 15.4. The summed E-state index contributed by atoms with van der Waals surface area (Å²) in [6, 6.07) is 3.48. The molecular weight excluding hydrogens is 274 g/mol. The molecule has 0 radical (unpaired) electrons. The Morgan fingerprint density at radius 2 is 2.38 bits per heavy atom. The Morgan fingerprint density at radius 3 is 3.05 bits per heavy atom. The number of rotatable bonds is 6. The second kappa shape index (κ2) is 6.59. The number of pyridine rings is 1. The van der Waals surface area contributed by atoms with Crippen LogP contribution in [0.15, 0.2) is 12.1 Å². The van der Waals surface area contributed by atoms with Gasteiger partial charge in [0, 0.05) is 20.1 Å². The van der Waals surface area contributed by atoms with Gasteiger partial charge in [-0.3, -0.25) is 4.79 Å². The van der Waals surface area contributed by atoms with Crippen LogP contribution in [-0.4, -0.2) is 60.6 Å². The first-order valence-electron chi connectivity index (χ1n) is 6.81. The number of hydrogen-bond acceptors (Lipinski definition) is 7. The molecule has 21 heavy (non-hydrogen) atoms. The minimum atomic E-state index is -0.631. The molecule has 116 valence electrons. The van der Waals surface area contributed by atoms with Gasteiger partial charge in [-0.2, -0.15) is 0 Å². The maximum Gasteiger partial charge on any atom is 0.208 e. The molecule has 2 unspecified atom stereocenters. The number of hydrogen-bond donors (Lipinski definition) is 4. The quantitative estimate of drug-likeness (QED) is 0.484. The summed E-state index contributed by atoms with van der Waals surface area (Å²) >= 11 is 0. The third-order valence-corrected chi connectivity index (χ3v) is 3.59. The number of amides is 1. The lowest BCUT2D eigenvalue weighted by molar-refractivity contribution is -0.110. The lowest BCUT2D eigenvalue weighted by Crippen LogP contribution is -2.46. The molecule has 0 spiro atoms. The van der Waals surface area contributed by atoms with Gasteiger partial charge < -0.3 is 31.1 Å². The van der Waals surface area contributed by atoms with E-state index in [0.29, 0.717) is 43.2 Å². The first-order valence-corrected chi connectivity index (χ1v) is 6.81. The summed E-state index contributed by atoms with van der Waals surface area (Å²) in [5.41, 5.74) is 6.42. The Labute approximate surface area is 123 Å². The second-order valence-corrected chi connectivity index (χ2v) is 5.01. The van der Waals surface area contributed by atoms with Crippen LogP contribution >= 0.6 is 0 Å². The first-order chi connectivity index (χ1) is 10.1. The van der Waals surface area contributed by atoms with Gasteiger partial charge in [0.05, 0.1) is 18.4 Å². The van der Waals surface area contributed by atoms with Crippen molar-refractivity contribution in [3.8, 4) is 0 Å². The normalized spacial score (nSPS) is 21.4. The maximum absolute atomic E-state index is 10.7. The number of aliphatic hydroxyl groups is 2. The van der Waals surface area contributed by atoms with Gasteiger partial charge in [0.2, 0.25) is 6.41 Å². The van der Waals surface area contributed by atoms with E-state index >= 15 is 0 Å². The van der Waals surface area contributed by atoms with Gasteiger partial charge in [-0.25, -0.2) is 4.98 Å². The number of nitrogens with one attached hydrogen (secondary N) is 1. The van der Waals surface area contributed by atoms with Gasteiger partial charge in [0.1, 0.15) is 12.0 Å². The number of nitrogen functional groups attached to an aromatic ring is 1. The van der Waals surface area contributed by atoms with Gasteiger partial charge in [-0.1, -0.05) is 0 Å². The van der Waals surface area contributed by atoms with Crippen molar-refractivity contribution in [3.05, 3.63) is 12.1 Å². The standard InChI is InChI=1S/C13H21N5O3/c1-17(6-7-19)12-9(14)2-3-11(16-12)18-5-4-10(21)13(18)15-8-20/h2-3,8,10,13,19,21H,4-7,14H2,1H3,(H,15,20). The van der Waals surface area contributed by atoms with E-state index in [1.54, 1.807) is 24.1 Å². The Balaban J connectivity index is 2.27. The Morgan fingerprint density at radius 1 is 1.62 bits per heavy atom. The van der Waals surface area contributed by atoms with E-state index in [2.05, 4.69) is 10.3 Å². The molecule has 1 fully saturated rings. The fourth-order valence-electron chi connectivity index (χ4n) is 2.47. The molecule has 2 rings (SSSR count). The number of anilines is 3. The SMILES string of the molecule is CN(CCO)c1nc(N2CCC(O)C2NC=O)ccc1N. The molecule has 0 bridgehead atoms. The van der Waals surface area contributed by atoms with Crippen LogP contribution in [0.1, 0.15) is 6.42 Å². The second-order valence-electron chi connectivity index (χ2n) is 5.01. The third kappa shape index (κ3) is 3.17. The molecule has 8 heteroatoms. The predicted octanol–water partition coefficient (Wildman–Crippen LogP) is -1.26. The van der Waals surface area contributed by atoms with Crippen LogP contribution in [0.5, 0.6) is 0 Å². The Bertz CT molecular complexity index is 499. The molecular formula is C13H21N5O3. The van der Waals surface area contributed by atoms with Crippen LogP contribution in [0, 0.1) is 0 Å². The van der Waals surface area contributed by atoms with Crippen molar-refractivity contribution < 1.29 is 15.0 Å². The summed E-state index contributed by atoms with van der Waals surface area (Å²) < 4.78 is 0. The number of carbonyl (C=O) groups excluding carboxylic acids is 1. The van der Waals surface area contributed by atoms with Crippen molar-refractivity contribution in [1.82, 2.24) is 10.3 Å². The van der Waals surface area contributed by atoms with Crippen LogP contribution in [0.2, 0.25) is 0 Å². The van der Waals surface area contributed by atoms with Crippen LogP contribution in [0.25, 0.3) is 0 Å². The smallest absolute Gasteiger partial charge is 0.208 e. The fraction of sp³-hybridized carbons (Fsp3) is 0.538. The van der Waals surface area contributed by atoms with E-state index in [9.17, 15) is 9.90 Å². The third-order valence-electron chi connectivity index (χ3n) is 3.59. The number of aromatic nitrogens is 1. The zero-order valence-electron chi connectivity index (χ0n) is 11.9. The molecule has 1 aromatic heterocycles. The van der Waals surface area contributed by atoms with Gasteiger partial charge in [-0.05, 0) is 18.6 Å². The molecule has 1 aliphatic rings. The van der Waals surface area contributed by atoms with Crippen molar-refractivity contribution in [2.45, 2.75) is 18.7 Å². The lowest BCUT2D eigenvalue weighted by atomic mass is 10.3. The Hall–Kier alpha value is -2.06. The van der Waals surface area contributed by atoms with Crippen molar-refractivity contribution in [2.24, 2.45) is 0 Å². The molecule has 2 heterocycles. The van der Waals surface area contributed by atoms with Crippen LogP contribution in [-0.2, 0) is 4.79 Å². The van der Waals surface area contributed by atoms with Crippen LogP contribution < -0.4 is 20.9 Å². The highest BCUT2D eigenvalue weighted by atomic mass is 16.3. The van der Waals surface area contributed by atoms with Gasteiger partial charge >= 0.3 is 0 Å². The average molecular weight is 295 g/mol. The summed E-state index contributed by atoms with van der Waals surface area (Å²) in [5, 5.41) is 21.5. The topological polar surface area (TPSA) is 115 Å². The van der Waals surface area contributed by atoms with Gasteiger partial charge in [0.25, 0.3) is 0 Å². The largest absolute Gasteiger partial charge is 0.396 e. The van der Waals surface area contributed by atoms with Crippen LogP contribution in [0.4, 0.5) is 17.3 Å². The Kier molecular flexibility index (Phi) is 4.81. The summed E-state index contributed by atoms with van der Waals surface area (Å²) in [6.07, 6.45) is 0.00426. The number of nitrogens with zero attached hydrogens (tertiary/aromatic N) is 3. The zero-order valence-corrected chi connectivity index (χ0v) is 11.9. The molecule has 0 saturated carbocycles. The molecule has 1 aliphatic heterocycles. The lowest BCUT2D eigenvalue weighted by Gasteiger charge is -2.28. The molecule has 0 aromatic carbocycles. The van der Waals surface area contributed by atoms with E-state index in [0.717, 1.165) is 0 Å². The number of nitrogens with two attached hydrogens (primary N) is 1. The summed E-state index contributed by atoms with van der Waals surface area (Å²) in [6.45, 7) is 1.01. The van der Waals surface area contributed by atoms with Crippen molar-refractivity contribution in [1.29, 1.82) is 0 Å². The summed E-state index contributed by atoms with van der Waals surface area (Å²) in [7, 11) is 1.79. The van der Waals surface area contributed by atoms with Crippen molar-refractivity contribution in [3.63, 3.8) is 0 Å². The summed E-state index contributed by atoms with van der Waals surface area (Å²) in [5.74, 6) is 1.19. The number of aliphatic hydroxyl groups excluding tert-OH is 2. The van der Waals surface area contributed by atoms with E-state index in [-0.39, 0.29) is 6.61 Å². The van der Waals surface area contributed by atoms with E-state index < -0.39 is 12.3 Å². The molecule has 1 saturated heterocycles. The van der Waals surface area contributed by atoms with E-state index in [1.165, 1.54) is 0 Å². The van der Waals surface area contributed by atoms with Gasteiger partial charge in [0.15, 0.2) is 5.82 Å². The predicted molar refractivity (Wildman–Crippen MR) is 80.0 cm³/mol. The first kappa shape index (κ1) is 15.3. The molecule has 5 N–H and O–H groups in total. The van der Waals surface area contributed by atoms with E-state index in [4.69, 9.17) is 10.8 Å². The van der Waals surface area contributed by atoms with Crippen molar-refractivity contribution >= 4 is 23.7 Å². The van der Waals surface area contributed by atoms with Crippen molar-refractivity contribution in [2.75, 3.05) is 42.3 Å². The molecule has 1 aromatic rings. The highest BCUT2D eigenvalue weighted by Crippen LogP contribution is 2.28. The molecule has 8 nitrogen and oxygen atoms in total. The van der Waals surface area contributed by atoms with E-state index in [1.807, 2.05) is 4.90 Å². The number of likely N-dealkylation sites (N-methyl/N-ethyl adjacent to an activating group) is 1. The molecule has 1 amide bonds. The summed E-state index contributed by atoms with van der Waals surface area (Å²) in [4.78, 5) is 18.7. The fourth-order valence-corrected chi connectivity index (χ4v) is 2.47. The highest BCUT2D eigenvalue weighted by molar-refractivity contribution is 5.66. The minimum absolute atomic E-state index is 0.000398. The minimum Gasteiger partial charge on any atom is -0.396 e.